The minimum atomic E-state index is -0.937. The van der Waals surface area contributed by atoms with Crippen LogP contribution in [0.25, 0.3) is 0 Å². The summed E-state index contributed by atoms with van der Waals surface area (Å²) in [7, 11) is 0. The Balaban J connectivity index is 2.79. The second-order valence-electron chi connectivity index (χ2n) is 3.37. The molecule has 0 aliphatic heterocycles. The lowest BCUT2D eigenvalue weighted by Crippen LogP contribution is -2.33. The van der Waals surface area contributed by atoms with E-state index in [0.29, 0.717) is 12.1 Å². The molecule has 0 fully saturated rings. The molecule has 6 heteroatoms. The summed E-state index contributed by atoms with van der Waals surface area (Å²) in [5.74, 6) is -1.24. The quantitative estimate of drug-likeness (QED) is 0.814. The van der Waals surface area contributed by atoms with Crippen LogP contribution in [0.15, 0.2) is 18.3 Å². The van der Waals surface area contributed by atoms with Crippen LogP contribution < -0.4 is 0 Å². The Morgan fingerprint density at radius 3 is 2.76 bits per heavy atom. The molecular formula is C11H13ClN2O3. The first-order valence-electron chi connectivity index (χ1n) is 5.17. The number of rotatable bonds is 5. The van der Waals surface area contributed by atoms with Crippen molar-refractivity contribution in [1.29, 1.82) is 0 Å². The van der Waals surface area contributed by atoms with Crippen molar-refractivity contribution >= 4 is 23.5 Å². The Morgan fingerprint density at radius 1 is 1.53 bits per heavy atom. The summed E-state index contributed by atoms with van der Waals surface area (Å²) in [4.78, 5) is 27.7. The third-order valence-electron chi connectivity index (χ3n) is 2.25. The molecule has 92 valence electrons. The van der Waals surface area contributed by atoms with Crippen LogP contribution in [0.3, 0.4) is 0 Å². The number of amides is 1. The largest absolute Gasteiger partial charge is 0.481 e. The van der Waals surface area contributed by atoms with Gasteiger partial charge in [-0.15, -0.1) is 0 Å². The molecule has 1 N–H and O–H groups in total. The highest BCUT2D eigenvalue weighted by Gasteiger charge is 2.17. The molecule has 0 bridgehead atoms. The van der Waals surface area contributed by atoms with E-state index >= 15 is 0 Å². The second-order valence-corrected chi connectivity index (χ2v) is 3.73. The number of pyridine rings is 1. The number of hydrogen-bond donors (Lipinski definition) is 1. The smallest absolute Gasteiger partial charge is 0.305 e. The molecule has 0 unspecified atom stereocenters. The average Bonchev–Trinajstić information content (AvgIpc) is 2.29. The van der Waals surface area contributed by atoms with E-state index in [4.69, 9.17) is 16.7 Å². The van der Waals surface area contributed by atoms with Gasteiger partial charge in [-0.3, -0.25) is 9.59 Å². The molecule has 0 radical (unpaired) electrons. The number of aliphatic carboxylic acids is 1. The van der Waals surface area contributed by atoms with Gasteiger partial charge in [0.15, 0.2) is 0 Å². The standard InChI is InChI=1S/C11H13ClN2O3/c1-2-14(7-5-9(15)16)11(17)8-4-3-6-13-10(8)12/h3-4,6H,2,5,7H2,1H3,(H,15,16). The number of carboxylic acids is 1. The highest BCUT2D eigenvalue weighted by molar-refractivity contribution is 6.32. The van der Waals surface area contributed by atoms with Crippen LogP contribution in [-0.2, 0) is 4.79 Å². The molecule has 0 atom stereocenters. The number of halogens is 1. The lowest BCUT2D eigenvalue weighted by atomic mass is 10.2. The van der Waals surface area contributed by atoms with Crippen LogP contribution in [0.2, 0.25) is 5.15 Å². The number of carbonyl (C=O) groups excluding carboxylic acids is 1. The molecule has 17 heavy (non-hydrogen) atoms. The zero-order chi connectivity index (χ0) is 12.8. The molecule has 1 rings (SSSR count). The van der Waals surface area contributed by atoms with Crippen molar-refractivity contribution in [3.63, 3.8) is 0 Å². The lowest BCUT2D eigenvalue weighted by molar-refractivity contribution is -0.137. The molecule has 0 saturated carbocycles. The van der Waals surface area contributed by atoms with Crippen LogP contribution in [0.5, 0.6) is 0 Å². The first-order valence-corrected chi connectivity index (χ1v) is 5.55. The Kier molecular flexibility index (Phi) is 4.90. The van der Waals surface area contributed by atoms with Gasteiger partial charge in [0.05, 0.1) is 12.0 Å². The monoisotopic (exact) mass is 256 g/mol. The van der Waals surface area contributed by atoms with Crippen LogP contribution in [0, 0.1) is 0 Å². The van der Waals surface area contributed by atoms with E-state index in [1.807, 2.05) is 0 Å². The minimum Gasteiger partial charge on any atom is -0.481 e. The van der Waals surface area contributed by atoms with Gasteiger partial charge in [0.25, 0.3) is 5.91 Å². The van der Waals surface area contributed by atoms with Crippen LogP contribution in [-0.4, -0.2) is 40.0 Å². The van der Waals surface area contributed by atoms with Gasteiger partial charge in [-0.05, 0) is 19.1 Å². The summed E-state index contributed by atoms with van der Waals surface area (Å²) in [6.07, 6.45) is 1.41. The van der Waals surface area contributed by atoms with E-state index in [0.717, 1.165) is 0 Å². The van der Waals surface area contributed by atoms with Crippen molar-refractivity contribution in [3.05, 3.63) is 29.0 Å². The van der Waals surface area contributed by atoms with Crippen molar-refractivity contribution in [2.75, 3.05) is 13.1 Å². The maximum atomic E-state index is 12.0. The van der Waals surface area contributed by atoms with E-state index in [9.17, 15) is 9.59 Å². The maximum Gasteiger partial charge on any atom is 0.305 e. The molecule has 0 spiro atoms. The van der Waals surface area contributed by atoms with Crippen LogP contribution in [0.4, 0.5) is 0 Å². The van der Waals surface area contributed by atoms with Gasteiger partial charge in [-0.2, -0.15) is 0 Å². The number of nitrogens with zero attached hydrogens (tertiary/aromatic N) is 2. The van der Waals surface area contributed by atoms with Crippen molar-refractivity contribution in [1.82, 2.24) is 9.88 Å². The molecule has 1 aromatic rings. The van der Waals surface area contributed by atoms with Crippen molar-refractivity contribution in [3.8, 4) is 0 Å². The van der Waals surface area contributed by atoms with Gasteiger partial charge in [0.2, 0.25) is 0 Å². The fourth-order valence-corrected chi connectivity index (χ4v) is 1.55. The molecule has 0 aromatic carbocycles. The topological polar surface area (TPSA) is 70.5 Å². The normalized spacial score (nSPS) is 10.0. The Labute approximate surface area is 104 Å². The van der Waals surface area contributed by atoms with E-state index in [-0.39, 0.29) is 24.0 Å². The molecular weight excluding hydrogens is 244 g/mol. The van der Waals surface area contributed by atoms with Gasteiger partial charge in [0.1, 0.15) is 5.15 Å². The third-order valence-corrected chi connectivity index (χ3v) is 2.56. The maximum absolute atomic E-state index is 12.0. The average molecular weight is 257 g/mol. The lowest BCUT2D eigenvalue weighted by Gasteiger charge is -2.20. The summed E-state index contributed by atoms with van der Waals surface area (Å²) in [5.41, 5.74) is 0.293. The summed E-state index contributed by atoms with van der Waals surface area (Å²) in [5, 5.41) is 8.72. The third kappa shape index (κ3) is 3.71. The Bertz CT molecular complexity index is 423. The first-order chi connectivity index (χ1) is 8.06. The Hall–Kier alpha value is -1.62. The van der Waals surface area contributed by atoms with E-state index in [1.165, 1.54) is 11.1 Å². The predicted octanol–water partition coefficient (Wildman–Crippen LogP) is 1.67. The molecule has 1 heterocycles. The fraction of sp³-hybridized carbons (Fsp3) is 0.364. The number of aromatic nitrogens is 1. The summed E-state index contributed by atoms with van der Waals surface area (Å²) < 4.78 is 0. The van der Waals surface area contributed by atoms with Gasteiger partial charge in [-0.1, -0.05) is 11.6 Å². The molecule has 0 saturated heterocycles. The van der Waals surface area contributed by atoms with Crippen molar-refractivity contribution < 1.29 is 14.7 Å². The zero-order valence-electron chi connectivity index (χ0n) is 9.39. The zero-order valence-corrected chi connectivity index (χ0v) is 10.1. The van der Waals surface area contributed by atoms with Gasteiger partial charge >= 0.3 is 5.97 Å². The van der Waals surface area contributed by atoms with Crippen LogP contribution >= 0.6 is 11.6 Å². The molecule has 5 nitrogen and oxygen atoms in total. The van der Waals surface area contributed by atoms with Crippen molar-refractivity contribution in [2.45, 2.75) is 13.3 Å². The van der Waals surface area contributed by atoms with E-state index in [2.05, 4.69) is 4.98 Å². The van der Waals surface area contributed by atoms with E-state index < -0.39 is 5.97 Å². The molecule has 0 aliphatic rings. The van der Waals surface area contributed by atoms with Gasteiger partial charge in [-0.25, -0.2) is 4.98 Å². The number of carboxylic acid groups (broad SMARTS) is 1. The van der Waals surface area contributed by atoms with Crippen LogP contribution in [0.1, 0.15) is 23.7 Å². The SMILES string of the molecule is CCN(CCC(=O)O)C(=O)c1cccnc1Cl. The predicted molar refractivity (Wildman–Crippen MR) is 63.1 cm³/mol. The summed E-state index contributed by atoms with van der Waals surface area (Å²) in [6, 6.07) is 3.19. The Morgan fingerprint density at radius 2 is 2.24 bits per heavy atom. The first kappa shape index (κ1) is 13.4. The minimum absolute atomic E-state index is 0.0859. The summed E-state index contributed by atoms with van der Waals surface area (Å²) >= 11 is 5.81. The highest BCUT2D eigenvalue weighted by atomic mass is 35.5. The van der Waals surface area contributed by atoms with Crippen molar-refractivity contribution in [2.24, 2.45) is 0 Å². The number of hydrogen-bond acceptors (Lipinski definition) is 3. The molecule has 1 aromatic heterocycles. The van der Waals surface area contributed by atoms with Gasteiger partial charge < -0.3 is 10.0 Å². The van der Waals surface area contributed by atoms with Gasteiger partial charge in [0, 0.05) is 19.3 Å². The molecule has 0 aliphatic carbocycles. The van der Waals surface area contributed by atoms with E-state index in [1.54, 1.807) is 19.1 Å². The second kappa shape index (κ2) is 6.20. The number of carbonyl (C=O) groups is 2. The molecule has 1 amide bonds. The highest BCUT2D eigenvalue weighted by Crippen LogP contribution is 2.14. The summed E-state index contributed by atoms with van der Waals surface area (Å²) in [6.45, 7) is 2.37. The fourth-order valence-electron chi connectivity index (χ4n) is 1.35.